The molecule has 0 spiro atoms. The van der Waals surface area contributed by atoms with E-state index in [4.69, 9.17) is 9.47 Å². The van der Waals surface area contributed by atoms with Gasteiger partial charge in [0.05, 0.1) is 7.11 Å². The Balaban J connectivity index is 1.30. The summed E-state index contributed by atoms with van der Waals surface area (Å²) in [4.78, 5) is 27.2. The van der Waals surface area contributed by atoms with E-state index in [2.05, 4.69) is 29.6 Å². The second kappa shape index (κ2) is 12.3. The number of nitrogens with zero attached hydrogens (tertiary/aromatic N) is 1. The lowest BCUT2D eigenvalue weighted by atomic mass is 10.1. The van der Waals surface area contributed by atoms with Crippen molar-refractivity contribution in [3.8, 4) is 5.75 Å². The molecule has 0 bridgehead atoms. The summed E-state index contributed by atoms with van der Waals surface area (Å²) in [7, 11) is 5.83. The summed E-state index contributed by atoms with van der Waals surface area (Å²) in [6, 6.07) is 5.87. The van der Waals surface area contributed by atoms with Crippen molar-refractivity contribution in [2.75, 3.05) is 33.1 Å². The van der Waals surface area contributed by atoms with Gasteiger partial charge < -0.3 is 19.7 Å². The zero-order valence-corrected chi connectivity index (χ0v) is 20.7. The number of benzene rings is 1. The van der Waals surface area contributed by atoms with Crippen molar-refractivity contribution in [3.05, 3.63) is 23.8 Å². The molecule has 0 saturated heterocycles. The number of hydrogen-bond donors (Lipinski definition) is 2. The Morgan fingerprint density at radius 3 is 2.61 bits per heavy atom. The molecule has 2 aliphatic carbocycles. The predicted octanol–water partition coefficient (Wildman–Crippen LogP) is 4.74. The number of amides is 2. The van der Waals surface area contributed by atoms with E-state index >= 15 is 0 Å². The molecule has 184 valence electrons. The molecule has 3 rings (SSSR count). The van der Waals surface area contributed by atoms with Crippen molar-refractivity contribution < 1.29 is 19.1 Å². The van der Waals surface area contributed by atoms with Crippen molar-refractivity contribution in [1.82, 2.24) is 10.2 Å². The first kappa shape index (κ1) is 25.3. The van der Waals surface area contributed by atoms with Gasteiger partial charge in [0.2, 0.25) is 5.91 Å². The number of anilines is 1. The molecule has 2 N–H and O–H groups in total. The standard InChI is InChI=1S/C26H41N3O4/c1-18-13-21(17-23(14-18)32-4)27-26(31)33-22-11-10-20(15-22)25(30)28-24-16-19(24)9-7-5-6-8-12-29(2)3/h13-14,17,19-20,22,24H,5-12,15-16H2,1-4H3,(H,27,31)(H,28,30)/t19-,20?,22+,24?/m1/s1. The number of nitrogens with one attached hydrogen (secondary N) is 2. The maximum Gasteiger partial charge on any atom is 0.411 e. The van der Waals surface area contributed by atoms with E-state index < -0.39 is 6.09 Å². The third kappa shape index (κ3) is 8.54. The average Bonchev–Trinajstić information content (AvgIpc) is 3.31. The van der Waals surface area contributed by atoms with Crippen molar-refractivity contribution in [1.29, 1.82) is 0 Å². The Kier molecular flexibility index (Phi) is 9.41. The second-order valence-electron chi connectivity index (χ2n) is 10.0. The number of carbonyl (C=O) groups excluding carboxylic acids is 2. The quantitative estimate of drug-likeness (QED) is 0.442. The van der Waals surface area contributed by atoms with Gasteiger partial charge in [0, 0.05) is 23.7 Å². The molecule has 7 heteroatoms. The van der Waals surface area contributed by atoms with Crippen LogP contribution in [0.3, 0.4) is 0 Å². The summed E-state index contributed by atoms with van der Waals surface area (Å²) in [5.41, 5.74) is 1.63. The fraction of sp³-hybridized carbons (Fsp3) is 0.692. The van der Waals surface area contributed by atoms with Crippen LogP contribution in [0.4, 0.5) is 10.5 Å². The number of methoxy groups -OCH3 is 1. The maximum atomic E-state index is 12.7. The lowest BCUT2D eigenvalue weighted by Crippen LogP contribution is -2.32. The molecule has 0 heterocycles. The Morgan fingerprint density at radius 2 is 1.85 bits per heavy atom. The van der Waals surface area contributed by atoms with Crippen LogP contribution in [0.25, 0.3) is 0 Å². The normalized spacial score (nSPS) is 23.9. The van der Waals surface area contributed by atoms with Crippen LogP contribution < -0.4 is 15.4 Å². The highest BCUT2D eigenvalue weighted by Crippen LogP contribution is 2.37. The van der Waals surface area contributed by atoms with Gasteiger partial charge in [-0.2, -0.15) is 0 Å². The van der Waals surface area contributed by atoms with E-state index in [1.54, 1.807) is 13.2 Å². The fourth-order valence-corrected chi connectivity index (χ4v) is 4.75. The molecule has 2 fully saturated rings. The van der Waals surface area contributed by atoms with Gasteiger partial charge in [-0.25, -0.2) is 4.79 Å². The van der Waals surface area contributed by atoms with Crippen molar-refractivity contribution in [2.24, 2.45) is 11.8 Å². The topological polar surface area (TPSA) is 79.9 Å². The molecule has 2 saturated carbocycles. The second-order valence-corrected chi connectivity index (χ2v) is 10.0. The Bertz CT molecular complexity index is 798. The molecule has 0 aliphatic heterocycles. The van der Waals surface area contributed by atoms with Gasteiger partial charge in [-0.05, 0) is 89.7 Å². The smallest absolute Gasteiger partial charge is 0.411 e. The first-order chi connectivity index (χ1) is 15.8. The SMILES string of the molecule is COc1cc(C)cc(NC(=O)O[C@H]2CCC(C(=O)NC3C[C@H]3CCCCCCN(C)C)C2)c1. The van der Waals surface area contributed by atoms with Crippen molar-refractivity contribution in [3.63, 3.8) is 0 Å². The summed E-state index contributed by atoms with van der Waals surface area (Å²) < 4.78 is 10.8. The van der Waals surface area contributed by atoms with Gasteiger partial charge in [-0.3, -0.25) is 10.1 Å². The highest BCUT2D eigenvalue weighted by Gasteiger charge is 2.40. The highest BCUT2D eigenvalue weighted by atomic mass is 16.6. The first-order valence-electron chi connectivity index (χ1n) is 12.4. The minimum Gasteiger partial charge on any atom is -0.497 e. The largest absolute Gasteiger partial charge is 0.497 e. The molecular formula is C26H41N3O4. The summed E-state index contributed by atoms with van der Waals surface area (Å²) in [6.07, 6.45) is 8.80. The van der Waals surface area contributed by atoms with E-state index in [0.29, 0.717) is 29.8 Å². The lowest BCUT2D eigenvalue weighted by Gasteiger charge is -2.14. The Hall–Kier alpha value is -2.28. The number of unbranched alkanes of at least 4 members (excludes halogenated alkanes) is 3. The number of aryl methyl sites for hydroxylation is 1. The summed E-state index contributed by atoms with van der Waals surface area (Å²) >= 11 is 0. The summed E-state index contributed by atoms with van der Waals surface area (Å²) in [5, 5.41) is 6.00. The van der Waals surface area contributed by atoms with E-state index in [1.807, 2.05) is 19.1 Å². The minimum atomic E-state index is -0.485. The summed E-state index contributed by atoms with van der Waals surface area (Å²) in [6.45, 7) is 3.10. The molecule has 2 aliphatic rings. The van der Waals surface area contributed by atoms with Crippen LogP contribution in [0.5, 0.6) is 5.75 Å². The van der Waals surface area contributed by atoms with Gasteiger partial charge in [0.25, 0.3) is 0 Å². The van der Waals surface area contributed by atoms with Crippen LogP contribution in [-0.4, -0.2) is 56.8 Å². The van der Waals surface area contributed by atoms with E-state index in [0.717, 1.165) is 31.4 Å². The molecular weight excluding hydrogens is 418 g/mol. The minimum absolute atomic E-state index is 0.0610. The predicted molar refractivity (Wildman–Crippen MR) is 131 cm³/mol. The number of rotatable bonds is 12. The van der Waals surface area contributed by atoms with Crippen LogP contribution in [0.1, 0.15) is 63.4 Å². The molecule has 2 amide bonds. The maximum absolute atomic E-state index is 12.7. The number of carbonyl (C=O) groups is 2. The molecule has 33 heavy (non-hydrogen) atoms. The molecule has 0 aromatic heterocycles. The summed E-state index contributed by atoms with van der Waals surface area (Å²) in [5.74, 6) is 1.40. The van der Waals surface area contributed by atoms with Gasteiger partial charge in [-0.1, -0.05) is 19.3 Å². The lowest BCUT2D eigenvalue weighted by molar-refractivity contribution is -0.125. The molecule has 1 aromatic carbocycles. The zero-order valence-electron chi connectivity index (χ0n) is 20.7. The zero-order chi connectivity index (χ0) is 23.8. The average molecular weight is 460 g/mol. The third-order valence-electron chi connectivity index (χ3n) is 6.74. The Labute approximate surface area is 198 Å². The Morgan fingerprint density at radius 1 is 1.06 bits per heavy atom. The van der Waals surface area contributed by atoms with Gasteiger partial charge in [0.15, 0.2) is 0 Å². The van der Waals surface area contributed by atoms with Crippen LogP contribution in [-0.2, 0) is 9.53 Å². The van der Waals surface area contributed by atoms with Crippen molar-refractivity contribution in [2.45, 2.75) is 76.9 Å². The van der Waals surface area contributed by atoms with Crippen LogP contribution >= 0.6 is 0 Å². The van der Waals surface area contributed by atoms with Gasteiger partial charge >= 0.3 is 6.09 Å². The molecule has 1 aromatic rings. The molecule has 7 nitrogen and oxygen atoms in total. The number of hydrogen-bond acceptors (Lipinski definition) is 5. The van der Waals surface area contributed by atoms with Crippen molar-refractivity contribution >= 4 is 17.7 Å². The van der Waals surface area contributed by atoms with Crippen LogP contribution in [0.15, 0.2) is 18.2 Å². The third-order valence-corrected chi connectivity index (χ3v) is 6.74. The van der Waals surface area contributed by atoms with Gasteiger partial charge in [-0.15, -0.1) is 0 Å². The molecule has 0 radical (unpaired) electrons. The highest BCUT2D eigenvalue weighted by molar-refractivity contribution is 5.85. The molecule has 4 atom stereocenters. The number of ether oxygens (including phenoxy) is 2. The van der Waals surface area contributed by atoms with Crippen LogP contribution in [0, 0.1) is 18.8 Å². The molecule has 2 unspecified atom stereocenters. The van der Waals surface area contributed by atoms with E-state index in [-0.39, 0.29) is 17.9 Å². The monoisotopic (exact) mass is 459 g/mol. The van der Waals surface area contributed by atoms with E-state index in [1.165, 1.54) is 32.1 Å². The first-order valence-corrected chi connectivity index (χ1v) is 12.4. The van der Waals surface area contributed by atoms with E-state index in [9.17, 15) is 9.59 Å². The van der Waals surface area contributed by atoms with Crippen LogP contribution in [0.2, 0.25) is 0 Å². The van der Waals surface area contributed by atoms with Gasteiger partial charge in [0.1, 0.15) is 11.9 Å². The fourth-order valence-electron chi connectivity index (χ4n) is 4.75.